The van der Waals surface area contributed by atoms with Gasteiger partial charge in [0.15, 0.2) is 0 Å². The van der Waals surface area contributed by atoms with Crippen LogP contribution in [0, 0.1) is 0 Å². The lowest BCUT2D eigenvalue weighted by atomic mass is 9.92. The lowest BCUT2D eigenvalue weighted by molar-refractivity contribution is 0.0903. The highest BCUT2D eigenvalue weighted by atomic mass is 15.2. The van der Waals surface area contributed by atoms with Crippen LogP contribution >= 0.6 is 0 Å². The summed E-state index contributed by atoms with van der Waals surface area (Å²) in [7, 11) is 0. The molecule has 2 aliphatic rings. The Balaban J connectivity index is 1.59. The molecule has 1 aliphatic carbocycles. The minimum absolute atomic E-state index is 0.435. The van der Waals surface area contributed by atoms with Gasteiger partial charge in [0, 0.05) is 43.6 Å². The lowest BCUT2D eigenvalue weighted by Gasteiger charge is -2.45. The number of rotatable bonds is 3. The Hall–Kier alpha value is -0.930. The van der Waals surface area contributed by atoms with Crippen molar-refractivity contribution in [1.82, 2.24) is 15.2 Å². The van der Waals surface area contributed by atoms with Crippen LogP contribution in [0.15, 0.2) is 24.5 Å². The highest BCUT2D eigenvalue weighted by molar-refractivity contribution is 5.10. The molecule has 1 N–H and O–H groups in total. The molecule has 1 aromatic rings. The fraction of sp³-hybridized carbons (Fsp3) is 0.688. The highest BCUT2D eigenvalue weighted by Gasteiger charge is 2.39. The summed E-state index contributed by atoms with van der Waals surface area (Å²) in [4.78, 5) is 6.77. The van der Waals surface area contributed by atoms with Crippen LogP contribution in [0.25, 0.3) is 0 Å². The van der Waals surface area contributed by atoms with Gasteiger partial charge in [0.25, 0.3) is 0 Å². The summed E-state index contributed by atoms with van der Waals surface area (Å²) >= 11 is 0. The van der Waals surface area contributed by atoms with Crippen molar-refractivity contribution >= 4 is 0 Å². The zero-order valence-electron chi connectivity index (χ0n) is 11.9. The van der Waals surface area contributed by atoms with Gasteiger partial charge in [-0.3, -0.25) is 9.88 Å². The van der Waals surface area contributed by atoms with Crippen molar-refractivity contribution < 1.29 is 0 Å². The fourth-order valence-electron chi connectivity index (χ4n) is 3.60. The first kappa shape index (κ1) is 13.1. The Labute approximate surface area is 116 Å². The minimum Gasteiger partial charge on any atom is -0.308 e. The van der Waals surface area contributed by atoms with Crippen LogP contribution in [0.4, 0.5) is 0 Å². The number of pyridine rings is 1. The smallest absolute Gasteiger partial charge is 0.0309 e. The summed E-state index contributed by atoms with van der Waals surface area (Å²) < 4.78 is 0. The third-order valence-corrected chi connectivity index (χ3v) is 4.90. The maximum atomic E-state index is 4.09. The average molecular weight is 259 g/mol. The first-order valence-electron chi connectivity index (χ1n) is 7.65. The van der Waals surface area contributed by atoms with Crippen LogP contribution in [0.2, 0.25) is 0 Å². The van der Waals surface area contributed by atoms with Gasteiger partial charge in [-0.1, -0.05) is 12.8 Å². The van der Waals surface area contributed by atoms with E-state index < -0.39 is 0 Å². The summed E-state index contributed by atoms with van der Waals surface area (Å²) in [5.41, 5.74) is 1.84. The number of hydrogen-bond acceptors (Lipinski definition) is 3. The molecule has 104 valence electrons. The summed E-state index contributed by atoms with van der Waals surface area (Å²) in [5, 5.41) is 3.82. The molecule has 3 heteroatoms. The molecule has 2 fully saturated rings. The van der Waals surface area contributed by atoms with Gasteiger partial charge in [-0.05, 0) is 43.9 Å². The molecule has 1 aromatic heterocycles. The van der Waals surface area contributed by atoms with Crippen LogP contribution in [0.5, 0.6) is 0 Å². The molecule has 0 bridgehead atoms. The van der Waals surface area contributed by atoms with Gasteiger partial charge in [-0.25, -0.2) is 0 Å². The van der Waals surface area contributed by atoms with E-state index in [4.69, 9.17) is 0 Å². The van der Waals surface area contributed by atoms with Gasteiger partial charge in [0.1, 0.15) is 0 Å². The Kier molecular flexibility index (Phi) is 3.85. The second-order valence-corrected chi connectivity index (χ2v) is 6.29. The van der Waals surface area contributed by atoms with Crippen LogP contribution in [-0.2, 0) is 6.42 Å². The van der Waals surface area contributed by atoms with Crippen LogP contribution in [0.3, 0.4) is 0 Å². The molecular formula is C16H25N3. The van der Waals surface area contributed by atoms with E-state index in [1.165, 1.54) is 44.3 Å². The van der Waals surface area contributed by atoms with Crippen molar-refractivity contribution in [2.45, 2.75) is 50.6 Å². The Morgan fingerprint density at radius 2 is 2.05 bits per heavy atom. The summed E-state index contributed by atoms with van der Waals surface area (Å²) in [6.45, 7) is 5.91. The van der Waals surface area contributed by atoms with E-state index in [0.717, 1.165) is 13.0 Å². The Bertz CT molecular complexity index is 398. The zero-order valence-corrected chi connectivity index (χ0v) is 11.9. The predicted molar refractivity (Wildman–Crippen MR) is 78.2 cm³/mol. The van der Waals surface area contributed by atoms with Crippen molar-refractivity contribution in [1.29, 1.82) is 0 Å². The van der Waals surface area contributed by atoms with Gasteiger partial charge in [-0.2, -0.15) is 0 Å². The molecule has 1 unspecified atom stereocenters. The molecule has 1 saturated carbocycles. The molecule has 1 spiro atoms. The van der Waals surface area contributed by atoms with E-state index in [-0.39, 0.29) is 0 Å². The van der Waals surface area contributed by atoms with Crippen molar-refractivity contribution in [3.05, 3.63) is 30.1 Å². The number of hydrogen-bond donors (Lipinski definition) is 1. The molecule has 0 radical (unpaired) electrons. The van der Waals surface area contributed by atoms with Crippen LogP contribution < -0.4 is 5.32 Å². The van der Waals surface area contributed by atoms with Gasteiger partial charge >= 0.3 is 0 Å². The van der Waals surface area contributed by atoms with E-state index in [1.807, 2.05) is 12.4 Å². The molecule has 1 saturated heterocycles. The van der Waals surface area contributed by atoms with Gasteiger partial charge < -0.3 is 5.32 Å². The topological polar surface area (TPSA) is 28.2 Å². The summed E-state index contributed by atoms with van der Waals surface area (Å²) in [6.07, 6.45) is 10.5. The third kappa shape index (κ3) is 2.98. The number of nitrogens with one attached hydrogen (secondary N) is 1. The lowest BCUT2D eigenvalue weighted by Crippen LogP contribution is -2.62. The molecule has 0 aromatic carbocycles. The SMILES string of the molecule is CC1CNC2(CCCC2)CN1CCc1ccncc1. The molecule has 3 rings (SSSR count). The minimum atomic E-state index is 0.435. The molecule has 19 heavy (non-hydrogen) atoms. The molecule has 3 nitrogen and oxygen atoms in total. The highest BCUT2D eigenvalue weighted by Crippen LogP contribution is 2.33. The number of aromatic nitrogens is 1. The Morgan fingerprint density at radius 1 is 1.32 bits per heavy atom. The largest absolute Gasteiger partial charge is 0.308 e. The zero-order chi connectivity index (χ0) is 13.1. The van der Waals surface area contributed by atoms with Crippen molar-refractivity contribution in [2.24, 2.45) is 0 Å². The molecule has 1 aliphatic heterocycles. The summed E-state index contributed by atoms with van der Waals surface area (Å²) in [6, 6.07) is 4.93. The number of nitrogens with zero attached hydrogens (tertiary/aromatic N) is 2. The fourth-order valence-corrected chi connectivity index (χ4v) is 3.60. The van der Waals surface area contributed by atoms with E-state index in [1.54, 1.807) is 0 Å². The number of piperazine rings is 1. The van der Waals surface area contributed by atoms with E-state index >= 15 is 0 Å². The van der Waals surface area contributed by atoms with Crippen molar-refractivity contribution in [3.63, 3.8) is 0 Å². The van der Waals surface area contributed by atoms with Gasteiger partial charge in [-0.15, -0.1) is 0 Å². The first-order valence-corrected chi connectivity index (χ1v) is 7.65. The van der Waals surface area contributed by atoms with Crippen molar-refractivity contribution in [3.8, 4) is 0 Å². The van der Waals surface area contributed by atoms with Crippen LogP contribution in [-0.4, -0.2) is 41.1 Å². The second-order valence-electron chi connectivity index (χ2n) is 6.29. The molecular weight excluding hydrogens is 234 g/mol. The maximum absolute atomic E-state index is 4.09. The molecule has 2 heterocycles. The normalized spacial score (nSPS) is 26.9. The summed E-state index contributed by atoms with van der Waals surface area (Å²) in [5.74, 6) is 0. The Morgan fingerprint density at radius 3 is 2.79 bits per heavy atom. The van der Waals surface area contributed by atoms with E-state index in [2.05, 4.69) is 34.3 Å². The third-order valence-electron chi connectivity index (χ3n) is 4.90. The molecule has 1 atom stereocenters. The molecule has 0 amide bonds. The van der Waals surface area contributed by atoms with E-state index in [9.17, 15) is 0 Å². The quantitative estimate of drug-likeness (QED) is 0.902. The van der Waals surface area contributed by atoms with Gasteiger partial charge in [0.2, 0.25) is 0 Å². The van der Waals surface area contributed by atoms with Crippen molar-refractivity contribution in [2.75, 3.05) is 19.6 Å². The van der Waals surface area contributed by atoms with Gasteiger partial charge in [0.05, 0.1) is 0 Å². The first-order chi connectivity index (χ1) is 9.27. The second kappa shape index (κ2) is 5.59. The standard InChI is InChI=1S/C16H25N3/c1-14-12-18-16(7-2-3-8-16)13-19(14)11-6-15-4-9-17-10-5-15/h4-5,9-10,14,18H,2-3,6-8,11-13H2,1H3. The van der Waals surface area contributed by atoms with E-state index in [0.29, 0.717) is 11.6 Å². The van der Waals surface area contributed by atoms with Crippen LogP contribution in [0.1, 0.15) is 38.2 Å². The predicted octanol–water partition coefficient (Wildman–Crippen LogP) is 2.23. The maximum Gasteiger partial charge on any atom is 0.0309 e. The average Bonchev–Trinajstić information content (AvgIpc) is 2.90. The monoisotopic (exact) mass is 259 g/mol.